The normalized spacial score (nSPS) is 16.0. The van der Waals surface area contributed by atoms with Crippen LogP contribution in [0.15, 0.2) is 12.3 Å². The number of carbonyl (C=O) groups excluding carboxylic acids is 1. The molecule has 0 aliphatic carbocycles. The molecule has 2 nitrogen and oxygen atoms in total. The average molecular weight is 149 g/mol. The van der Waals surface area contributed by atoms with Gasteiger partial charge in [0.05, 0.1) is 0 Å². The predicted octanol–water partition coefficient (Wildman–Crippen LogP) is 1.64. The Kier molecular flexibility index (Phi) is 1.53. The molecular weight excluding hydrogens is 138 g/mol. The maximum Gasteiger partial charge on any atom is 0.151 e. The summed E-state index contributed by atoms with van der Waals surface area (Å²) in [7, 11) is 0. The van der Waals surface area contributed by atoms with Crippen molar-refractivity contribution in [3.63, 3.8) is 0 Å². The van der Waals surface area contributed by atoms with Gasteiger partial charge in [0, 0.05) is 24.0 Å². The van der Waals surface area contributed by atoms with Crippen molar-refractivity contribution in [1.29, 1.82) is 0 Å². The van der Waals surface area contributed by atoms with E-state index in [0.29, 0.717) is 0 Å². The molecule has 1 aliphatic heterocycles. The average Bonchev–Trinajstić information content (AvgIpc) is 2.46. The summed E-state index contributed by atoms with van der Waals surface area (Å²) < 4.78 is 2.19. The number of aryl methyl sites for hydroxylation is 2. The van der Waals surface area contributed by atoms with Crippen molar-refractivity contribution in [3.8, 4) is 0 Å². The van der Waals surface area contributed by atoms with E-state index in [4.69, 9.17) is 0 Å². The Labute approximate surface area is 65.8 Å². The van der Waals surface area contributed by atoms with Gasteiger partial charge in [0.1, 0.15) is 0 Å². The molecule has 0 amide bonds. The van der Waals surface area contributed by atoms with Gasteiger partial charge in [-0.3, -0.25) is 4.79 Å². The van der Waals surface area contributed by atoms with Gasteiger partial charge in [-0.1, -0.05) is 0 Å². The van der Waals surface area contributed by atoms with Crippen LogP contribution in [0.25, 0.3) is 0 Å². The van der Waals surface area contributed by atoms with E-state index in [0.717, 1.165) is 24.8 Å². The summed E-state index contributed by atoms with van der Waals surface area (Å²) in [6, 6.07) is 1.99. The summed E-state index contributed by atoms with van der Waals surface area (Å²) in [5, 5.41) is 0. The summed E-state index contributed by atoms with van der Waals surface area (Å²) in [6.07, 6.45) is 6.52. The van der Waals surface area contributed by atoms with Crippen LogP contribution in [0, 0.1) is 0 Å². The van der Waals surface area contributed by atoms with Crippen LogP contribution in [0.4, 0.5) is 0 Å². The molecule has 11 heavy (non-hydrogen) atoms. The number of fused-ring (bicyclic) bond motifs is 1. The molecule has 0 bridgehead atoms. The highest BCUT2D eigenvalue weighted by atomic mass is 16.1. The fraction of sp³-hybridized carbons (Fsp3) is 0.444. The summed E-state index contributed by atoms with van der Waals surface area (Å²) in [5.41, 5.74) is 2.14. The lowest BCUT2D eigenvalue weighted by Gasteiger charge is -2.13. The topological polar surface area (TPSA) is 22.0 Å². The maximum atomic E-state index is 10.4. The van der Waals surface area contributed by atoms with Gasteiger partial charge < -0.3 is 4.57 Å². The molecule has 0 saturated carbocycles. The van der Waals surface area contributed by atoms with Crippen LogP contribution >= 0.6 is 0 Å². The lowest BCUT2D eigenvalue weighted by molar-refractivity contribution is 0.112. The van der Waals surface area contributed by atoms with Gasteiger partial charge in [-0.05, 0) is 25.3 Å². The van der Waals surface area contributed by atoms with Crippen molar-refractivity contribution in [1.82, 2.24) is 4.57 Å². The highest BCUT2D eigenvalue weighted by molar-refractivity contribution is 5.74. The van der Waals surface area contributed by atoms with E-state index >= 15 is 0 Å². The first-order chi connectivity index (χ1) is 5.40. The van der Waals surface area contributed by atoms with E-state index in [9.17, 15) is 4.79 Å². The van der Waals surface area contributed by atoms with Crippen molar-refractivity contribution in [2.75, 3.05) is 0 Å². The lowest BCUT2D eigenvalue weighted by Crippen LogP contribution is -2.07. The monoisotopic (exact) mass is 149 g/mol. The van der Waals surface area contributed by atoms with Gasteiger partial charge >= 0.3 is 0 Å². The number of carbonyl (C=O) groups is 1. The van der Waals surface area contributed by atoms with Crippen LogP contribution in [0.3, 0.4) is 0 Å². The molecule has 2 rings (SSSR count). The van der Waals surface area contributed by atoms with Crippen molar-refractivity contribution >= 4 is 6.29 Å². The van der Waals surface area contributed by atoms with Crippen LogP contribution in [-0.2, 0) is 13.0 Å². The minimum Gasteiger partial charge on any atom is -0.351 e. The number of rotatable bonds is 1. The quantitative estimate of drug-likeness (QED) is 0.556. The van der Waals surface area contributed by atoms with Crippen molar-refractivity contribution in [2.24, 2.45) is 0 Å². The minimum atomic E-state index is 0.821. The Bertz CT molecular complexity index is 252. The second kappa shape index (κ2) is 2.53. The Hall–Kier alpha value is -1.05. The van der Waals surface area contributed by atoms with Crippen LogP contribution in [0.5, 0.6) is 0 Å². The summed E-state index contributed by atoms with van der Waals surface area (Å²) in [5.74, 6) is 0. The van der Waals surface area contributed by atoms with Crippen molar-refractivity contribution in [2.45, 2.75) is 25.8 Å². The Balaban J connectivity index is 2.39. The first-order valence-corrected chi connectivity index (χ1v) is 4.04. The molecule has 1 aromatic heterocycles. The molecule has 0 N–H and O–H groups in total. The first kappa shape index (κ1) is 6.65. The van der Waals surface area contributed by atoms with Gasteiger partial charge in [0.25, 0.3) is 0 Å². The van der Waals surface area contributed by atoms with Gasteiger partial charge in [0.2, 0.25) is 0 Å². The van der Waals surface area contributed by atoms with Gasteiger partial charge in [-0.15, -0.1) is 0 Å². The number of hydrogen-bond donors (Lipinski definition) is 0. The summed E-state index contributed by atoms with van der Waals surface area (Å²) in [6.45, 7) is 1.09. The zero-order valence-electron chi connectivity index (χ0n) is 6.42. The molecule has 58 valence electrons. The maximum absolute atomic E-state index is 10.4. The van der Waals surface area contributed by atoms with E-state index in [1.165, 1.54) is 18.5 Å². The highest BCUT2D eigenvalue weighted by Crippen LogP contribution is 2.16. The standard InChI is InChI=1S/C9H11NO/c11-7-8-5-9-3-1-2-4-10(9)6-8/h5-7H,1-4H2. The number of hydrogen-bond acceptors (Lipinski definition) is 1. The molecule has 0 fully saturated rings. The SMILES string of the molecule is O=Cc1cc2n(c1)CCCC2. The third kappa shape index (κ3) is 1.09. The smallest absolute Gasteiger partial charge is 0.151 e. The zero-order valence-corrected chi connectivity index (χ0v) is 6.42. The zero-order chi connectivity index (χ0) is 7.68. The minimum absolute atomic E-state index is 0.821. The van der Waals surface area contributed by atoms with Crippen molar-refractivity contribution < 1.29 is 4.79 Å². The molecule has 2 heterocycles. The fourth-order valence-electron chi connectivity index (χ4n) is 1.65. The first-order valence-electron chi connectivity index (χ1n) is 4.04. The van der Waals surface area contributed by atoms with Crippen LogP contribution in [-0.4, -0.2) is 10.9 Å². The second-order valence-corrected chi connectivity index (χ2v) is 3.03. The summed E-state index contributed by atoms with van der Waals surface area (Å²) in [4.78, 5) is 10.4. The molecule has 0 spiro atoms. The molecule has 1 aromatic rings. The van der Waals surface area contributed by atoms with Crippen LogP contribution in [0.2, 0.25) is 0 Å². The molecule has 0 unspecified atom stereocenters. The number of nitrogens with zero attached hydrogens (tertiary/aromatic N) is 1. The van der Waals surface area contributed by atoms with Crippen molar-refractivity contribution in [3.05, 3.63) is 23.5 Å². The predicted molar refractivity (Wildman–Crippen MR) is 42.8 cm³/mol. The van der Waals surface area contributed by atoms with Gasteiger partial charge in [-0.2, -0.15) is 0 Å². The lowest BCUT2D eigenvalue weighted by atomic mass is 10.1. The highest BCUT2D eigenvalue weighted by Gasteiger charge is 2.09. The molecule has 1 aliphatic rings. The molecule has 0 aromatic carbocycles. The largest absolute Gasteiger partial charge is 0.351 e. The molecular formula is C9H11NO. The second-order valence-electron chi connectivity index (χ2n) is 3.03. The third-order valence-electron chi connectivity index (χ3n) is 2.23. The number of aldehydes is 1. The molecule has 0 atom stereocenters. The van der Waals surface area contributed by atoms with E-state index < -0.39 is 0 Å². The van der Waals surface area contributed by atoms with Crippen LogP contribution in [0.1, 0.15) is 28.9 Å². The summed E-state index contributed by atoms with van der Waals surface area (Å²) >= 11 is 0. The molecule has 2 heteroatoms. The Morgan fingerprint density at radius 2 is 2.36 bits per heavy atom. The van der Waals surface area contributed by atoms with E-state index in [-0.39, 0.29) is 0 Å². The van der Waals surface area contributed by atoms with Crippen LogP contribution < -0.4 is 0 Å². The van der Waals surface area contributed by atoms with E-state index in [1.54, 1.807) is 0 Å². The Morgan fingerprint density at radius 3 is 3.09 bits per heavy atom. The van der Waals surface area contributed by atoms with Gasteiger partial charge in [-0.25, -0.2) is 0 Å². The third-order valence-corrected chi connectivity index (χ3v) is 2.23. The van der Waals surface area contributed by atoms with E-state index in [1.807, 2.05) is 12.3 Å². The Morgan fingerprint density at radius 1 is 1.45 bits per heavy atom. The fourth-order valence-corrected chi connectivity index (χ4v) is 1.65. The molecule has 0 radical (unpaired) electrons. The molecule has 0 saturated heterocycles. The number of aromatic nitrogens is 1. The van der Waals surface area contributed by atoms with E-state index in [2.05, 4.69) is 4.57 Å². The van der Waals surface area contributed by atoms with Gasteiger partial charge in [0.15, 0.2) is 6.29 Å².